The van der Waals surface area contributed by atoms with Crippen LogP contribution in [0.25, 0.3) is 0 Å². The lowest BCUT2D eigenvalue weighted by Gasteiger charge is -2.34. The van der Waals surface area contributed by atoms with Crippen molar-refractivity contribution in [2.24, 2.45) is 0 Å². The van der Waals surface area contributed by atoms with E-state index in [0.29, 0.717) is 0 Å². The van der Waals surface area contributed by atoms with Gasteiger partial charge in [0, 0.05) is 29.6 Å². The Morgan fingerprint density at radius 1 is 0.935 bits per heavy atom. The summed E-state index contributed by atoms with van der Waals surface area (Å²) in [4.78, 5) is 29.5. The van der Waals surface area contributed by atoms with Gasteiger partial charge in [-0.3, -0.25) is 13.9 Å². The van der Waals surface area contributed by atoms with Gasteiger partial charge in [0.25, 0.3) is 10.0 Å². The molecule has 242 valence electrons. The van der Waals surface area contributed by atoms with E-state index in [9.17, 15) is 18.0 Å². The molecule has 0 bridgehead atoms. The lowest BCUT2D eigenvalue weighted by Crippen LogP contribution is -2.54. The number of hydrogen-bond donors (Lipinski definition) is 1. The van der Waals surface area contributed by atoms with Crippen LogP contribution in [0.4, 0.5) is 10.1 Å². The highest BCUT2D eigenvalue weighted by atomic mass is 35.5. The third-order valence-corrected chi connectivity index (χ3v) is 9.31. The predicted molar refractivity (Wildman–Crippen MR) is 178 cm³/mol. The molecule has 0 aliphatic heterocycles. The fourth-order valence-corrected chi connectivity index (χ4v) is 6.54. The Kier molecular flexibility index (Phi) is 11.4. The summed E-state index contributed by atoms with van der Waals surface area (Å²) in [5, 5.41) is 3.09. The van der Waals surface area contributed by atoms with E-state index in [1.165, 1.54) is 54.5 Å². The number of methoxy groups -OCH3 is 1. The maximum atomic E-state index is 15.1. The highest BCUT2D eigenvalue weighted by Gasteiger charge is 2.36. The third kappa shape index (κ3) is 8.44. The zero-order valence-corrected chi connectivity index (χ0v) is 27.7. The molecule has 46 heavy (non-hydrogen) atoms. The first kappa shape index (κ1) is 34.5. The van der Waals surface area contributed by atoms with Crippen molar-refractivity contribution in [2.75, 3.05) is 18.0 Å². The largest absolute Gasteiger partial charge is 0.495 e. The number of nitrogens with one attached hydrogen (secondary N) is 1. The number of halogens is 2. The van der Waals surface area contributed by atoms with Gasteiger partial charge in [-0.25, -0.2) is 12.8 Å². The van der Waals surface area contributed by atoms with Crippen molar-refractivity contribution < 1.29 is 27.1 Å². The topological polar surface area (TPSA) is 96.0 Å². The molecule has 0 aliphatic rings. The van der Waals surface area contributed by atoms with Crippen molar-refractivity contribution in [3.63, 3.8) is 0 Å². The van der Waals surface area contributed by atoms with Gasteiger partial charge >= 0.3 is 0 Å². The van der Waals surface area contributed by atoms with Gasteiger partial charge < -0.3 is 15.0 Å². The van der Waals surface area contributed by atoms with Crippen LogP contribution >= 0.6 is 11.6 Å². The van der Waals surface area contributed by atoms with Crippen molar-refractivity contribution in [3.05, 3.63) is 125 Å². The van der Waals surface area contributed by atoms with Crippen LogP contribution in [0.2, 0.25) is 5.02 Å². The molecule has 4 aromatic rings. The Morgan fingerprint density at radius 3 is 2.22 bits per heavy atom. The summed E-state index contributed by atoms with van der Waals surface area (Å²) in [6.45, 7) is 4.39. The molecule has 0 radical (unpaired) electrons. The SMILES string of the molecule is COc1ccc(Cl)cc1N(CC(=O)N(Cc1ccccc1F)C(Cc1ccccc1)C(=O)NC(C)C)S(=O)(=O)c1ccc(C)cc1. The molecular formula is C35H37ClFN3O5S. The number of benzene rings is 4. The van der Waals surface area contributed by atoms with Gasteiger partial charge in [-0.15, -0.1) is 0 Å². The summed E-state index contributed by atoms with van der Waals surface area (Å²) in [6, 6.07) is 24.3. The number of hydrogen-bond acceptors (Lipinski definition) is 5. The van der Waals surface area contributed by atoms with Crippen LogP contribution in [0.1, 0.15) is 30.5 Å². The smallest absolute Gasteiger partial charge is 0.264 e. The minimum Gasteiger partial charge on any atom is -0.495 e. The molecule has 1 unspecified atom stereocenters. The number of carbonyl (C=O) groups is 2. The Hall–Kier alpha value is -4.41. The number of sulfonamides is 1. The van der Waals surface area contributed by atoms with Crippen molar-refractivity contribution in [2.45, 2.75) is 50.7 Å². The van der Waals surface area contributed by atoms with Crippen LogP contribution < -0.4 is 14.4 Å². The number of amides is 2. The molecule has 0 aromatic heterocycles. The highest BCUT2D eigenvalue weighted by Crippen LogP contribution is 2.35. The maximum absolute atomic E-state index is 15.1. The Bertz CT molecular complexity index is 1770. The molecule has 8 nitrogen and oxygen atoms in total. The van der Waals surface area contributed by atoms with E-state index in [0.717, 1.165) is 15.4 Å². The third-order valence-electron chi connectivity index (χ3n) is 7.30. The van der Waals surface area contributed by atoms with Gasteiger partial charge in [0.1, 0.15) is 24.2 Å². The van der Waals surface area contributed by atoms with Crippen molar-refractivity contribution in [1.29, 1.82) is 0 Å². The molecule has 4 aromatic carbocycles. The quantitative estimate of drug-likeness (QED) is 0.185. The van der Waals surface area contributed by atoms with E-state index in [1.54, 1.807) is 38.1 Å². The molecule has 0 saturated carbocycles. The van der Waals surface area contributed by atoms with Gasteiger partial charge in [0.2, 0.25) is 11.8 Å². The Balaban J connectivity index is 1.86. The van der Waals surface area contributed by atoms with Gasteiger partial charge in [-0.1, -0.05) is 77.8 Å². The number of carbonyl (C=O) groups excluding carboxylic acids is 2. The fourth-order valence-electron chi connectivity index (χ4n) is 4.95. The second-order valence-electron chi connectivity index (χ2n) is 11.1. The Labute approximate surface area is 274 Å². The molecule has 11 heteroatoms. The average molecular weight is 666 g/mol. The summed E-state index contributed by atoms with van der Waals surface area (Å²) in [7, 11) is -3.00. The summed E-state index contributed by atoms with van der Waals surface area (Å²) in [5.74, 6) is -1.60. The molecule has 0 spiro atoms. The van der Waals surface area contributed by atoms with E-state index in [1.807, 2.05) is 37.3 Å². The lowest BCUT2D eigenvalue weighted by molar-refractivity contribution is -0.140. The molecular weight excluding hydrogens is 629 g/mol. The first-order valence-electron chi connectivity index (χ1n) is 14.7. The Morgan fingerprint density at radius 2 is 1.59 bits per heavy atom. The van der Waals surface area contributed by atoms with E-state index < -0.39 is 40.2 Å². The monoisotopic (exact) mass is 665 g/mol. The molecule has 0 saturated heterocycles. The lowest BCUT2D eigenvalue weighted by atomic mass is 10.0. The zero-order chi connectivity index (χ0) is 33.4. The van der Waals surface area contributed by atoms with Crippen LogP contribution in [-0.4, -0.2) is 50.9 Å². The van der Waals surface area contributed by atoms with Crippen molar-refractivity contribution >= 4 is 39.1 Å². The number of anilines is 1. The maximum Gasteiger partial charge on any atom is 0.264 e. The number of ether oxygens (including phenoxy) is 1. The molecule has 0 heterocycles. The number of rotatable bonds is 13. The van der Waals surface area contributed by atoms with Crippen LogP contribution in [-0.2, 0) is 32.6 Å². The summed E-state index contributed by atoms with van der Waals surface area (Å²) >= 11 is 6.32. The zero-order valence-electron chi connectivity index (χ0n) is 26.1. The number of nitrogens with zero attached hydrogens (tertiary/aromatic N) is 2. The summed E-state index contributed by atoms with van der Waals surface area (Å²) < 4.78 is 50.0. The first-order valence-corrected chi connectivity index (χ1v) is 16.5. The van der Waals surface area contributed by atoms with Gasteiger partial charge in [0.15, 0.2) is 0 Å². The van der Waals surface area contributed by atoms with Crippen LogP contribution in [0.3, 0.4) is 0 Å². The van der Waals surface area contributed by atoms with Gasteiger partial charge in [-0.2, -0.15) is 0 Å². The van der Waals surface area contributed by atoms with Crippen LogP contribution in [0.15, 0.2) is 102 Å². The van der Waals surface area contributed by atoms with E-state index in [-0.39, 0.29) is 45.9 Å². The molecule has 0 aliphatic carbocycles. The normalized spacial score (nSPS) is 12.0. The van der Waals surface area contributed by atoms with Crippen molar-refractivity contribution in [3.8, 4) is 5.75 Å². The second-order valence-corrected chi connectivity index (χ2v) is 13.4. The van der Waals surface area contributed by atoms with E-state index in [4.69, 9.17) is 16.3 Å². The predicted octanol–water partition coefficient (Wildman–Crippen LogP) is 6.16. The minimum absolute atomic E-state index is 0.0287. The van der Waals surface area contributed by atoms with Gasteiger partial charge in [-0.05, 0) is 62.7 Å². The summed E-state index contributed by atoms with van der Waals surface area (Å²) in [5.41, 5.74) is 1.80. The second kappa shape index (κ2) is 15.2. The minimum atomic E-state index is -4.38. The summed E-state index contributed by atoms with van der Waals surface area (Å²) in [6.07, 6.45) is 0.102. The fraction of sp³-hybridized carbons (Fsp3) is 0.257. The van der Waals surface area contributed by atoms with Crippen LogP contribution in [0.5, 0.6) is 5.75 Å². The van der Waals surface area contributed by atoms with Crippen LogP contribution in [0, 0.1) is 12.7 Å². The molecule has 1 atom stereocenters. The number of aryl methyl sites for hydroxylation is 1. The molecule has 4 rings (SSSR count). The molecule has 1 N–H and O–H groups in total. The highest BCUT2D eigenvalue weighted by molar-refractivity contribution is 7.92. The first-order chi connectivity index (χ1) is 21.9. The van der Waals surface area contributed by atoms with E-state index in [2.05, 4.69) is 5.32 Å². The average Bonchev–Trinajstić information content (AvgIpc) is 3.02. The molecule has 2 amide bonds. The molecule has 0 fully saturated rings. The van der Waals surface area contributed by atoms with E-state index >= 15 is 4.39 Å². The standard InChI is InChI=1S/C35H37ClFN3O5S/c1-24(2)38-35(42)32(20-26-10-6-5-7-11-26)39(22-27-12-8-9-13-30(27)37)34(41)23-40(31-21-28(36)16-19-33(31)45-4)46(43,44)29-17-14-25(3)15-18-29/h5-19,21,24,32H,20,22-23H2,1-4H3,(H,38,42). The van der Waals surface area contributed by atoms with Crippen molar-refractivity contribution in [1.82, 2.24) is 10.2 Å². The van der Waals surface area contributed by atoms with Gasteiger partial charge in [0.05, 0.1) is 17.7 Å².